The van der Waals surface area contributed by atoms with Crippen molar-refractivity contribution in [2.24, 2.45) is 0 Å². The van der Waals surface area contributed by atoms with Gasteiger partial charge < -0.3 is 14.2 Å². The van der Waals surface area contributed by atoms with E-state index >= 15 is 0 Å². The maximum Gasteiger partial charge on any atom is 0.339 e. The number of hydrogen-bond donors (Lipinski definition) is 0. The van der Waals surface area contributed by atoms with Gasteiger partial charge in [-0.15, -0.1) is 0 Å². The van der Waals surface area contributed by atoms with Gasteiger partial charge >= 0.3 is 17.9 Å². The summed E-state index contributed by atoms with van der Waals surface area (Å²) < 4.78 is 16.3. The summed E-state index contributed by atoms with van der Waals surface area (Å²) in [5.74, 6) is -1.78. The van der Waals surface area contributed by atoms with E-state index in [-0.39, 0.29) is 29.9 Å². The molecule has 0 bridgehead atoms. The molecule has 0 unspecified atom stereocenters. The average molecular weight is 755 g/mol. The summed E-state index contributed by atoms with van der Waals surface area (Å²) in [4.78, 5) is 38.7. The van der Waals surface area contributed by atoms with Gasteiger partial charge in [0.2, 0.25) is 0 Å². The summed E-state index contributed by atoms with van der Waals surface area (Å²) in [5, 5.41) is 0. The van der Waals surface area contributed by atoms with Crippen LogP contribution in [0.15, 0.2) is 30.9 Å². The van der Waals surface area contributed by atoms with Gasteiger partial charge in [0.25, 0.3) is 0 Å². The Labute approximate surface area is 332 Å². The molecule has 0 aromatic heterocycles. The van der Waals surface area contributed by atoms with E-state index in [0.717, 1.165) is 38.5 Å². The molecule has 0 radical (unpaired) electrons. The molecular weight excluding hydrogens is 673 g/mol. The highest BCUT2D eigenvalue weighted by atomic mass is 16.5. The van der Waals surface area contributed by atoms with Gasteiger partial charge in [-0.05, 0) is 31.0 Å². The van der Waals surface area contributed by atoms with Crippen LogP contribution in [0, 0.1) is 0 Å². The van der Waals surface area contributed by atoms with E-state index in [0.29, 0.717) is 6.61 Å². The van der Waals surface area contributed by atoms with Crippen molar-refractivity contribution in [1.29, 1.82) is 0 Å². The monoisotopic (exact) mass is 755 g/mol. The Kier molecular flexibility index (Phi) is 34.1. The molecule has 6 heteroatoms. The predicted octanol–water partition coefficient (Wildman–Crippen LogP) is 14.9. The number of hydrogen-bond acceptors (Lipinski definition) is 6. The third-order valence-corrected chi connectivity index (χ3v) is 10.5. The quantitative estimate of drug-likeness (QED) is 0.0288. The van der Waals surface area contributed by atoms with Crippen molar-refractivity contribution in [3.63, 3.8) is 0 Å². The Bertz CT molecular complexity index is 1070. The number of esters is 3. The topological polar surface area (TPSA) is 78.9 Å². The lowest BCUT2D eigenvalue weighted by Gasteiger charge is -2.12. The summed E-state index contributed by atoms with van der Waals surface area (Å²) >= 11 is 0. The standard InChI is InChI=1S/C48H82O6/c1-4-7-9-11-13-15-17-19-21-23-25-27-29-31-33-35-40-53-47(50)44-38-37-43(46(49)52-39-6-3)42-45(44)48(51)54-41-36-34-32-30-28-26-24-22-20-18-16-14-12-10-8-5-2/h6,37-38,42H,3-5,7-36,39-41H2,1-2H3. The molecule has 0 amide bonds. The Morgan fingerprint density at radius 2 is 0.741 bits per heavy atom. The number of rotatable bonds is 39. The van der Waals surface area contributed by atoms with E-state index in [1.807, 2.05) is 0 Å². The Morgan fingerprint density at radius 1 is 0.426 bits per heavy atom. The van der Waals surface area contributed by atoms with Crippen LogP contribution in [-0.4, -0.2) is 37.7 Å². The highest BCUT2D eigenvalue weighted by Crippen LogP contribution is 2.19. The minimum Gasteiger partial charge on any atom is -0.462 e. The van der Waals surface area contributed by atoms with Crippen molar-refractivity contribution in [2.75, 3.05) is 19.8 Å². The first-order chi connectivity index (χ1) is 26.5. The molecule has 54 heavy (non-hydrogen) atoms. The van der Waals surface area contributed by atoms with Gasteiger partial charge in [0.1, 0.15) is 6.61 Å². The maximum atomic E-state index is 13.2. The van der Waals surface area contributed by atoms with Gasteiger partial charge in [-0.3, -0.25) is 0 Å². The maximum absolute atomic E-state index is 13.2. The molecule has 0 spiro atoms. The lowest BCUT2D eigenvalue weighted by Crippen LogP contribution is -2.17. The van der Waals surface area contributed by atoms with Crippen molar-refractivity contribution < 1.29 is 28.6 Å². The normalized spacial score (nSPS) is 11.1. The molecular formula is C48H82O6. The Balaban J connectivity index is 2.29. The number of unbranched alkanes of at least 4 members (excludes halogenated alkanes) is 30. The SMILES string of the molecule is C=CCOC(=O)c1ccc(C(=O)OCCCCCCCCCCCCCCCCCC)c(C(=O)OCCCCCCCCCCCCCCCCCC)c1. The Hall–Kier alpha value is -2.63. The summed E-state index contributed by atoms with van der Waals surface area (Å²) in [5.41, 5.74) is 0.334. The smallest absolute Gasteiger partial charge is 0.339 e. The van der Waals surface area contributed by atoms with Crippen LogP contribution in [0.25, 0.3) is 0 Å². The van der Waals surface area contributed by atoms with Crippen LogP contribution in [-0.2, 0) is 14.2 Å². The average Bonchev–Trinajstić information content (AvgIpc) is 3.18. The highest BCUT2D eigenvalue weighted by Gasteiger charge is 2.22. The molecule has 0 heterocycles. The van der Waals surface area contributed by atoms with Crippen molar-refractivity contribution >= 4 is 17.9 Å². The molecule has 1 rings (SSSR count). The molecule has 1 aromatic carbocycles. The van der Waals surface area contributed by atoms with E-state index in [2.05, 4.69) is 20.4 Å². The molecule has 0 atom stereocenters. The number of ether oxygens (including phenoxy) is 3. The van der Waals surface area contributed by atoms with E-state index < -0.39 is 17.9 Å². The minimum atomic E-state index is -0.622. The summed E-state index contributed by atoms with van der Waals surface area (Å²) in [6.45, 7) is 8.75. The van der Waals surface area contributed by atoms with Crippen molar-refractivity contribution in [1.82, 2.24) is 0 Å². The van der Waals surface area contributed by atoms with Crippen LogP contribution in [0.1, 0.15) is 250 Å². The van der Waals surface area contributed by atoms with Gasteiger partial charge in [0, 0.05) is 0 Å². The second kappa shape index (κ2) is 37.3. The molecule has 0 N–H and O–H groups in total. The second-order valence-corrected chi connectivity index (χ2v) is 15.5. The number of benzene rings is 1. The molecule has 1 aromatic rings. The molecule has 0 fully saturated rings. The minimum absolute atomic E-state index is 0.0384. The van der Waals surface area contributed by atoms with Crippen LogP contribution >= 0.6 is 0 Å². The van der Waals surface area contributed by atoms with Crippen molar-refractivity contribution in [2.45, 2.75) is 219 Å². The summed E-state index contributed by atoms with van der Waals surface area (Å²) in [6.07, 6.45) is 42.4. The van der Waals surface area contributed by atoms with E-state index in [1.165, 1.54) is 191 Å². The fourth-order valence-corrected chi connectivity index (χ4v) is 7.02. The fourth-order valence-electron chi connectivity index (χ4n) is 7.02. The molecule has 0 saturated heterocycles. The molecule has 0 aliphatic rings. The second-order valence-electron chi connectivity index (χ2n) is 15.5. The van der Waals surface area contributed by atoms with Crippen LogP contribution in [0.3, 0.4) is 0 Å². The number of carbonyl (C=O) groups excluding carboxylic acids is 3. The molecule has 0 saturated carbocycles. The van der Waals surface area contributed by atoms with Crippen molar-refractivity contribution in [3.8, 4) is 0 Å². The van der Waals surface area contributed by atoms with Crippen molar-refractivity contribution in [3.05, 3.63) is 47.5 Å². The Morgan fingerprint density at radius 3 is 1.07 bits per heavy atom. The zero-order valence-electron chi connectivity index (χ0n) is 35.2. The van der Waals surface area contributed by atoms with Gasteiger partial charge in [0.15, 0.2) is 0 Å². The van der Waals surface area contributed by atoms with Gasteiger partial charge in [-0.2, -0.15) is 0 Å². The fraction of sp³-hybridized carbons (Fsp3) is 0.771. The van der Waals surface area contributed by atoms with E-state index in [9.17, 15) is 14.4 Å². The van der Waals surface area contributed by atoms with Crippen LogP contribution in [0.5, 0.6) is 0 Å². The third kappa shape index (κ3) is 27.9. The van der Waals surface area contributed by atoms with Gasteiger partial charge in [0.05, 0.1) is 29.9 Å². The molecule has 6 nitrogen and oxygen atoms in total. The lowest BCUT2D eigenvalue weighted by molar-refractivity contribution is 0.0449. The predicted molar refractivity (Wildman–Crippen MR) is 227 cm³/mol. The lowest BCUT2D eigenvalue weighted by atomic mass is 10.0. The van der Waals surface area contributed by atoms with Crippen LogP contribution in [0.4, 0.5) is 0 Å². The molecule has 310 valence electrons. The van der Waals surface area contributed by atoms with E-state index in [4.69, 9.17) is 14.2 Å². The third-order valence-electron chi connectivity index (χ3n) is 10.5. The molecule has 0 aliphatic heterocycles. The number of carbonyl (C=O) groups is 3. The first kappa shape index (κ1) is 49.4. The van der Waals surface area contributed by atoms with Crippen LogP contribution in [0.2, 0.25) is 0 Å². The zero-order chi connectivity index (χ0) is 39.2. The zero-order valence-corrected chi connectivity index (χ0v) is 35.2. The van der Waals surface area contributed by atoms with Crippen LogP contribution < -0.4 is 0 Å². The van der Waals surface area contributed by atoms with Gasteiger partial charge in [-0.1, -0.05) is 219 Å². The van der Waals surface area contributed by atoms with Gasteiger partial charge in [-0.25, -0.2) is 14.4 Å². The summed E-state index contributed by atoms with van der Waals surface area (Å²) in [6, 6.07) is 4.33. The summed E-state index contributed by atoms with van der Waals surface area (Å²) in [7, 11) is 0. The van der Waals surface area contributed by atoms with E-state index in [1.54, 1.807) is 0 Å². The highest BCUT2D eigenvalue weighted by molar-refractivity contribution is 6.05. The first-order valence-electron chi connectivity index (χ1n) is 22.8. The largest absolute Gasteiger partial charge is 0.462 e. The first-order valence-corrected chi connectivity index (χ1v) is 22.8. The molecule has 0 aliphatic carbocycles.